The first-order chi connectivity index (χ1) is 8.20. The maximum Gasteiger partial charge on any atom is 0.315 e. The molecule has 0 bridgehead atoms. The van der Waals surface area contributed by atoms with Crippen LogP contribution in [0.1, 0.15) is 57.9 Å². The first-order valence-electron chi connectivity index (χ1n) is 6.56. The van der Waals surface area contributed by atoms with Gasteiger partial charge >= 0.3 is 6.01 Å². The van der Waals surface area contributed by atoms with Gasteiger partial charge in [-0.3, -0.25) is 0 Å². The summed E-state index contributed by atoms with van der Waals surface area (Å²) in [6.45, 7) is 4.08. The molecule has 0 aromatic carbocycles. The molecule has 1 aliphatic rings. The van der Waals surface area contributed by atoms with E-state index in [1.54, 1.807) is 0 Å². The highest BCUT2D eigenvalue weighted by Gasteiger charge is 2.25. The van der Waals surface area contributed by atoms with E-state index >= 15 is 0 Å². The van der Waals surface area contributed by atoms with Gasteiger partial charge in [0, 0.05) is 6.04 Å². The van der Waals surface area contributed by atoms with Gasteiger partial charge in [-0.1, -0.05) is 31.3 Å². The van der Waals surface area contributed by atoms with Crippen molar-refractivity contribution in [2.24, 2.45) is 11.7 Å². The van der Waals surface area contributed by atoms with Crippen molar-refractivity contribution >= 4 is 6.01 Å². The molecular weight excluding hydrogens is 216 g/mol. The first kappa shape index (κ1) is 12.4. The molecule has 3 unspecified atom stereocenters. The van der Waals surface area contributed by atoms with Gasteiger partial charge in [-0.25, -0.2) is 0 Å². The highest BCUT2D eigenvalue weighted by molar-refractivity contribution is 5.20. The highest BCUT2D eigenvalue weighted by Crippen LogP contribution is 2.29. The van der Waals surface area contributed by atoms with E-state index in [0.29, 0.717) is 17.9 Å². The third-order valence-electron chi connectivity index (χ3n) is 3.57. The maximum atomic E-state index is 5.69. The second-order valence-electron chi connectivity index (χ2n) is 4.94. The second kappa shape index (κ2) is 5.49. The van der Waals surface area contributed by atoms with Gasteiger partial charge in [0.25, 0.3) is 0 Å². The third kappa shape index (κ3) is 2.97. The lowest BCUT2D eigenvalue weighted by Gasteiger charge is -2.30. The molecular formula is C12H22N4O. The molecule has 3 N–H and O–H groups in total. The van der Waals surface area contributed by atoms with Crippen LogP contribution in [-0.4, -0.2) is 16.2 Å². The van der Waals surface area contributed by atoms with Crippen LogP contribution in [-0.2, 0) is 0 Å². The lowest BCUT2D eigenvalue weighted by molar-refractivity contribution is 0.311. The molecule has 1 saturated carbocycles. The van der Waals surface area contributed by atoms with Gasteiger partial charge < -0.3 is 15.5 Å². The average Bonchev–Trinajstić information content (AvgIpc) is 2.78. The summed E-state index contributed by atoms with van der Waals surface area (Å²) >= 11 is 0. The molecule has 96 valence electrons. The molecule has 0 saturated heterocycles. The Hall–Kier alpha value is -1.10. The van der Waals surface area contributed by atoms with Gasteiger partial charge in [0.1, 0.15) is 0 Å². The van der Waals surface area contributed by atoms with Gasteiger partial charge in [-0.2, -0.15) is 0 Å². The number of hydrogen-bond donors (Lipinski definition) is 2. The predicted molar refractivity (Wildman–Crippen MR) is 66.6 cm³/mol. The molecule has 0 amide bonds. The van der Waals surface area contributed by atoms with Crippen LogP contribution in [0.25, 0.3) is 0 Å². The molecule has 0 spiro atoms. The topological polar surface area (TPSA) is 77.0 Å². The average molecular weight is 238 g/mol. The number of nitrogens with zero attached hydrogens (tertiary/aromatic N) is 2. The number of anilines is 1. The predicted octanol–water partition coefficient (Wildman–Crippen LogP) is 2.47. The van der Waals surface area contributed by atoms with Crippen LogP contribution < -0.4 is 11.1 Å². The summed E-state index contributed by atoms with van der Waals surface area (Å²) in [6.07, 6.45) is 6.30. The summed E-state index contributed by atoms with van der Waals surface area (Å²) in [7, 11) is 0. The molecule has 5 heteroatoms. The zero-order valence-corrected chi connectivity index (χ0v) is 10.6. The zero-order valence-electron chi connectivity index (χ0n) is 10.6. The molecule has 17 heavy (non-hydrogen) atoms. The molecule has 1 aromatic rings. The molecule has 1 fully saturated rings. The van der Waals surface area contributed by atoms with E-state index in [1.807, 2.05) is 6.92 Å². The third-order valence-corrected chi connectivity index (χ3v) is 3.57. The van der Waals surface area contributed by atoms with Crippen molar-refractivity contribution in [2.45, 2.75) is 58.0 Å². The van der Waals surface area contributed by atoms with Crippen molar-refractivity contribution in [1.82, 2.24) is 10.2 Å². The number of rotatable bonds is 4. The minimum absolute atomic E-state index is 0.202. The summed E-state index contributed by atoms with van der Waals surface area (Å²) in [6, 6.07) is 0.782. The van der Waals surface area contributed by atoms with Gasteiger partial charge in [0.15, 0.2) is 0 Å². The largest absolute Gasteiger partial charge is 0.406 e. The molecule has 0 radical (unpaired) electrons. The normalized spacial score (nSPS) is 26.8. The van der Waals surface area contributed by atoms with Crippen molar-refractivity contribution in [1.29, 1.82) is 0 Å². The highest BCUT2D eigenvalue weighted by atomic mass is 16.4. The van der Waals surface area contributed by atoms with Crippen molar-refractivity contribution < 1.29 is 4.42 Å². The maximum absolute atomic E-state index is 5.69. The molecule has 1 aromatic heterocycles. The number of aromatic nitrogens is 2. The van der Waals surface area contributed by atoms with Crippen LogP contribution in [0, 0.1) is 5.92 Å². The Labute approximate surface area is 102 Å². The number of nitrogens with two attached hydrogens (primary N) is 1. The number of hydrogen-bond acceptors (Lipinski definition) is 5. The van der Waals surface area contributed by atoms with Gasteiger partial charge in [0.05, 0.1) is 6.04 Å². The Kier molecular flexibility index (Phi) is 3.99. The van der Waals surface area contributed by atoms with Crippen LogP contribution in [0.3, 0.4) is 0 Å². The van der Waals surface area contributed by atoms with E-state index in [9.17, 15) is 0 Å². The molecule has 1 aliphatic carbocycles. The van der Waals surface area contributed by atoms with E-state index in [4.69, 9.17) is 10.2 Å². The van der Waals surface area contributed by atoms with E-state index in [0.717, 1.165) is 5.92 Å². The Morgan fingerprint density at radius 3 is 2.82 bits per heavy atom. The lowest BCUT2D eigenvalue weighted by Crippen LogP contribution is -2.31. The minimum Gasteiger partial charge on any atom is -0.406 e. The van der Waals surface area contributed by atoms with E-state index in [2.05, 4.69) is 22.4 Å². The summed E-state index contributed by atoms with van der Waals surface area (Å²) in [5.41, 5.74) is 5.69. The molecule has 2 rings (SSSR count). The smallest absolute Gasteiger partial charge is 0.315 e. The van der Waals surface area contributed by atoms with Crippen LogP contribution >= 0.6 is 0 Å². The lowest BCUT2D eigenvalue weighted by atomic mass is 9.83. The molecule has 3 atom stereocenters. The second-order valence-corrected chi connectivity index (χ2v) is 4.94. The van der Waals surface area contributed by atoms with Crippen LogP contribution in [0.2, 0.25) is 0 Å². The summed E-state index contributed by atoms with van der Waals surface area (Å²) in [5.74, 6) is 1.21. The van der Waals surface area contributed by atoms with Crippen LogP contribution in [0.5, 0.6) is 0 Å². The van der Waals surface area contributed by atoms with E-state index in [-0.39, 0.29) is 6.04 Å². The molecule has 0 aliphatic heterocycles. The summed E-state index contributed by atoms with van der Waals surface area (Å²) in [4.78, 5) is 0. The quantitative estimate of drug-likeness (QED) is 0.842. The van der Waals surface area contributed by atoms with Crippen molar-refractivity contribution in [3.8, 4) is 0 Å². The fraction of sp³-hybridized carbons (Fsp3) is 0.833. The van der Waals surface area contributed by atoms with Gasteiger partial charge in [-0.05, 0) is 25.7 Å². The monoisotopic (exact) mass is 238 g/mol. The summed E-state index contributed by atoms with van der Waals surface area (Å²) in [5, 5.41) is 11.3. The summed E-state index contributed by atoms with van der Waals surface area (Å²) < 4.78 is 5.48. The Bertz CT molecular complexity index is 350. The molecule has 5 nitrogen and oxygen atoms in total. The first-order valence-corrected chi connectivity index (χ1v) is 6.56. The Balaban J connectivity index is 1.98. The minimum atomic E-state index is -0.202. The van der Waals surface area contributed by atoms with Crippen molar-refractivity contribution in [3.05, 3.63) is 5.89 Å². The Morgan fingerprint density at radius 1 is 1.41 bits per heavy atom. The van der Waals surface area contributed by atoms with E-state index < -0.39 is 0 Å². The van der Waals surface area contributed by atoms with Gasteiger partial charge in [0.2, 0.25) is 5.89 Å². The van der Waals surface area contributed by atoms with Crippen LogP contribution in [0.4, 0.5) is 6.01 Å². The van der Waals surface area contributed by atoms with Gasteiger partial charge in [-0.15, -0.1) is 5.10 Å². The Morgan fingerprint density at radius 2 is 2.18 bits per heavy atom. The number of nitrogens with one attached hydrogen (secondary N) is 1. The fourth-order valence-electron chi connectivity index (χ4n) is 2.52. The van der Waals surface area contributed by atoms with Crippen molar-refractivity contribution in [2.75, 3.05) is 5.32 Å². The van der Waals surface area contributed by atoms with Crippen LogP contribution in [0.15, 0.2) is 4.42 Å². The zero-order chi connectivity index (χ0) is 12.3. The standard InChI is InChI=1S/C12H22N4O/c1-3-9-6-4-5-7-10(9)14-12-16-15-11(17-12)8(2)13/h8-10H,3-7,13H2,1-2H3,(H,14,16). The molecule has 1 heterocycles. The SMILES string of the molecule is CCC1CCCCC1Nc1nnc(C(C)N)o1. The van der Waals surface area contributed by atoms with Crippen molar-refractivity contribution in [3.63, 3.8) is 0 Å². The van der Waals surface area contributed by atoms with E-state index in [1.165, 1.54) is 32.1 Å². The fourth-order valence-corrected chi connectivity index (χ4v) is 2.52.